The van der Waals surface area contributed by atoms with Crippen LogP contribution in [0.25, 0.3) is 0 Å². The Morgan fingerprint density at radius 2 is 1.75 bits per heavy atom. The van der Waals surface area contributed by atoms with E-state index in [-0.39, 0.29) is 28.1 Å². The van der Waals surface area contributed by atoms with Crippen LogP contribution in [0.4, 0.5) is 5.69 Å². The third-order valence-corrected chi connectivity index (χ3v) is 5.46. The van der Waals surface area contributed by atoms with Crippen molar-refractivity contribution in [3.63, 3.8) is 0 Å². The molecule has 0 aliphatic carbocycles. The number of rotatable bonds is 3. The standard InChI is InChI=1S/C22H23N3O2.Co/c1-25-19-10-6-5-9-18(19)22(12-15-27-16-13-22)20(25)11-14-23-24-21(26)17-7-3-2-4-8-17;/h2-11,14H,12-13,15-16H2,1H3,(H,24,26);/b20-11-,23-14+;. The summed E-state index contributed by atoms with van der Waals surface area (Å²) in [5.74, 6) is -0.0888. The van der Waals surface area contributed by atoms with Gasteiger partial charge in [0.1, 0.15) is 0 Å². The number of para-hydroxylation sites is 1. The van der Waals surface area contributed by atoms with Crippen molar-refractivity contribution >= 4 is 17.8 Å². The van der Waals surface area contributed by atoms with E-state index in [1.165, 1.54) is 16.9 Å². The number of ether oxygens (including phenoxy) is 1. The molecule has 1 N–H and O–H groups in total. The summed E-state index contributed by atoms with van der Waals surface area (Å²) in [6, 6.07) is 17.7. The second-order valence-corrected chi connectivity index (χ2v) is 6.88. The number of aliphatic hydroxyl groups excluding tert-OH is 1. The molecule has 2 aliphatic rings. The summed E-state index contributed by atoms with van der Waals surface area (Å²) in [6.45, 7) is 1.51. The van der Waals surface area contributed by atoms with Crippen molar-refractivity contribution in [3.05, 3.63) is 77.5 Å². The molecule has 0 bridgehead atoms. The van der Waals surface area contributed by atoms with Gasteiger partial charge in [0.2, 0.25) is 5.90 Å². The molecular formula is C22H23CoN3O2. The maximum atomic E-state index is 10.0. The first-order valence-electron chi connectivity index (χ1n) is 9.19. The third-order valence-electron chi connectivity index (χ3n) is 5.46. The third kappa shape index (κ3) is 3.63. The Balaban J connectivity index is 0.00000225. The van der Waals surface area contributed by atoms with Crippen LogP contribution in [0.2, 0.25) is 0 Å². The molecule has 147 valence electrons. The summed E-state index contributed by atoms with van der Waals surface area (Å²) < 4.78 is 5.63. The molecule has 2 aromatic carbocycles. The first-order chi connectivity index (χ1) is 13.2. The first kappa shape index (κ1) is 20.3. The van der Waals surface area contributed by atoms with Gasteiger partial charge >= 0.3 is 0 Å². The molecule has 0 amide bonds. The van der Waals surface area contributed by atoms with E-state index in [0.29, 0.717) is 5.56 Å². The number of anilines is 1. The first-order valence-corrected chi connectivity index (χ1v) is 9.19. The van der Waals surface area contributed by atoms with Gasteiger partial charge in [0.25, 0.3) is 0 Å². The molecule has 0 atom stereocenters. The van der Waals surface area contributed by atoms with E-state index in [0.717, 1.165) is 26.1 Å². The van der Waals surface area contributed by atoms with Gasteiger partial charge in [-0.1, -0.05) is 36.4 Å². The monoisotopic (exact) mass is 420 g/mol. The van der Waals surface area contributed by atoms with Crippen LogP contribution < -0.4 is 4.90 Å². The van der Waals surface area contributed by atoms with Crippen molar-refractivity contribution in [1.82, 2.24) is 0 Å². The smallest absolute Gasteiger partial charge is 0.238 e. The fourth-order valence-electron chi connectivity index (χ4n) is 4.11. The van der Waals surface area contributed by atoms with Crippen LogP contribution in [0.3, 0.4) is 0 Å². The number of benzene rings is 2. The van der Waals surface area contributed by atoms with E-state index in [9.17, 15) is 5.11 Å². The van der Waals surface area contributed by atoms with Crippen LogP contribution in [-0.2, 0) is 26.9 Å². The molecule has 6 heteroatoms. The summed E-state index contributed by atoms with van der Waals surface area (Å²) in [7, 11) is 2.09. The number of allylic oxidation sites excluding steroid dienone is 2. The second kappa shape index (κ2) is 8.73. The number of fused-ring (bicyclic) bond motifs is 2. The maximum absolute atomic E-state index is 10.0. The van der Waals surface area contributed by atoms with Crippen LogP contribution in [0, 0.1) is 0 Å². The Morgan fingerprint density at radius 3 is 2.50 bits per heavy atom. The van der Waals surface area contributed by atoms with E-state index in [4.69, 9.17) is 4.74 Å². The van der Waals surface area contributed by atoms with Gasteiger partial charge in [0.05, 0.1) is 6.21 Å². The van der Waals surface area contributed by atoms with Crippen molar-refractivity contribution in [3.8, 4) is 0 Å². The average Bonchev–Trinajstić information content (AvgIpc) is 2.95. The van der Waals surface area contributed by atoms with Gasteiger partial charge in [0.15, 0.2) is 0 Å². The maximum Gasteiger partial charge on any atom is 0.238 e. The van der Waals surface area contributed by atoms with Gasteiger partial charge in [-0.2, -0.15) is 5.10 Å². The van der Waals surface area contributed by atoms with E-state index >= 15 is 0 Å². The van der Waals surface area contributed by atoms with Gasteiger partial charge in [-0.25, -0.2) is 0 Å². The van der Waals surface area contributed by atoms with Crippen molar-refractivity contribution in [2.75, 3.05) is 25.2 Å². The van der Waals surface area contributed by atoms with Crippen molar-refractivity contribution in [1.29, 1.82) is 0 Å². The van der Waals surface area contributed by atoms with Gasteiger partial charge < -0.3 is 14.7 Å². The molecule has 1 fully saturated rings. The predicted molar refractivity (Wildman–Crippen MR) is 109 cm³/mol. The van der Waals surface area contributed by atoms with Crippen LogP contribution >= 0.6 is 0 Å². The fraction of sp³-hybridized carbons (Fsp3) is 0.273. The molecule has 4 rings (SSSR count). The molecule has 1 spiro atoms. The van der Waals surface area contributed by atoms with Crippen LogP contribution in [0.5, 0.6) is 0 Å². The number of hydrogen-bond acceptors (Lipinski definition) is 4. The zero-order chi connectivity index (χ0) is 18.7. The molecule has 1 radical (unpaired) electrons. The number of nitrogens with zero attached hydrogens (tertiary/aromatic N) is 3. The summed E-state index contributed by atoms with van der Waals surface area (Å²) in [5.41, 5.74) is 4.39. The zero-order valence-electron chi connectivity index (χ0n) is 15.7. The molecule has 0 saturated carbocycles. The number of aliphatic hydroxyl groups is 1. The van der Waals surface area contributed by atoms with E-state index in [2.05, 4.69) is 46.4 Å². The predicted octanol–water partition coefficient (Wildman–Crippen LogP) is 4.06. The summed E-state index contributed by atoms with van der Waals surface area (Å²) in [6.07, 6.45) is 5.57. The minimum atomic E-state index is -0.0888. The fourth-order valence-corrected chi connectivity index (χ4v) is 4.11. The second-order valence-electron chi connectivity index (χ2n) is 6.88. The molecule has 2 aliphatic heterocycles. The molecule has 0 aromatic heterocycles. The minimum absolute atomic E-state index is 0. The van der Waals surface area contributed by atoms with Crippen molar-refractivity contribution < 1.29 is 26.6 Å². The molecule has 28 heavy (non-hydrogen) atoms. The Morgan fingerprint density at radius 1 is 1.07 bits per heavy atom. The molecule has 1 saturated heterocycles. The van der Waals surface area contributed by atoms with Crippen LogP contribution in [0.15, 0.2) is 76.6 Å². The topological polar surface area (TPSA) is 57.4 Å². The number of likely N-dealkylation sites (N-methyl/N-ethyl adjacent to an activating group) is 1. The van der Waals surface area contributed by atoms with E-state index in [1.807, 2.05) is 24.3 Å². The van der Waals surface area contributed by atoms with E-state index in [1.54, 1.807) is 18.3 Å². The Bertz CT molecular complexity index is 903. The van der Waals surface area contributed by atoms with Crippen LogP contribution in [-0.4, -0.2) is 37.5 Å². The quantitative estimate of drug-likeness (QED) is 0.463. The Labute approximate surface area is 175 Å². The molecular weight excluding hydrogens is 397 g/mol. The van der Waals surface area contributed by atoms with Gasteiger partial charge in [-0.3, -0.25) is 0 Å². The summed E-state index contributed by atoms with van der Waals surface area (Å²) >= 11 is 0. The molecule has 0 unspecified atom stereocenters. The van der Waals surface area contributed by atoms with Gasteiger partial charge in [0, 0.05) is 59.4 Å². The summed E-state index contributed by atoms with van der Waals surface area (Å²) in [4.78, 5) is 2.23. The van der Waals surface area contributed by atoms with Gasteiger partial charge in [-0.05, 0) is 42.7 Å². The summed E-state index contributed by atoms with van der Waals surface area (Å²) in [5, 5.41) is 18.0. The normalized spacial score (nSPS) is 19.8. The number of hydrogen-bond donors (Lipinski definition) is 1. The van der Waals surface area contributed by atoms with Gasteiger partial charge in [-0.15, -0.1) is 5.10 Å². The zero-order valence-corrected chi connectivity index (χ0v) is 16.8. The van der Waals surface area contributed by atoms with Crippen molar-refractivity contribution in [2.24, 2.45) is 10.2 Å². The Kier molecular flexibility index (Phi) is 6.34. The molecule has 2 aromatic rings. The SMILES string of the molecule is CN1\C(=C/C=N/N=C(\O)c2ccccc2)C2(CCOCC2)c2ccccc21.[Co]. The minimum Gasteiger partial charge on any atom is -0.492 e. The Hall–Kier alpha value is -2.41. The van der Waals surface area contributed by atoms with E-state index < -0.39 is 0 Å². The van der Waals surface area contributed by atoms with Crippen molar-refractivity contribution in [2.45, 2.75) is 18.3 Å². The van der Waals surface area contributed by atoms with Crippen LogP contribution in [0.1, 0.15) is 24.0 Å². The largest absolute Gasteiger partial charge is 0.492 e. The molecule has 2 heterocycles. The molecule has 5 nitrogen and oxygen atoms in total. The average molecular weight is 420 g/mol.